The maximum Gasteiger partial charge on any atom is 0.253 e. The van der Waals surface area contributed by atoms with E-state index in [1.165, 1.54) is 0 Å². The van der Waals surface area contributed by atoms with Crippen molar-refractivity contribution in [3.63, 3.8) is 0 Å². The number of carbonyl (C=O) groups is 2. The average Bonchev–Trinajstić information content (AvgIpc) is 2.93. The van der Waals surface area contributed by atoms with Gasteiger partial charge in [-0.05, 0) is 37.1 Å². The van der Waals surface area contributed by atoms with Gasteiger partial charge >= 0.3 is 0 Å². The van der Waals surface area contributed by atoms with Crippen LogP contribution < -0.4 is 5.32 Å². The zero-order valence-corrected chi connectivity index (χ0v) is 11.4. The molecule has 1 saturated heterocycles. The van der Waals surface area contributed by atoms with Crippen molar-refractivity contribution in [1.29, 1.82) is 0 Å². The van der Waals surface area contributed by atoms with Crippen molar-refractivity contribution in [2.45, 2.75) is 19.3 Å². The van der Waals surface area contributed by atoms with E-state index in [0.29, 0.717) is 17.1 Å². The lowest BCUT2D eigenvalue weighted by Crippen LogP contribution is -2.27. The first-order chi connectivity index (χ1) is 9.20. The number of benzene rings is 1. The van der Waals surface area contributed by atoms with Crippen LogP contribution in [0.5, 0.6) is 0 Å². The summed E-state index contributed by atoms with van der Waals surface area (Å²) < 4.78 is 0. The topological polar surface area (TPSA) is 49.4 Å². The summed E-state index contributed by atoms with van der Waals surface area (Å²) >= 11 is 5.49. The molecule has 0 saturated carbocycles. The third-order valence-electron chi connectivity index (χ3n) is 3.13. The van der Waals surface area contributed by atoms with Crippen LogP contribution in [0.1, 0.15) is 29.6 Å². The summed E-state index contributed by atoms with van der Waals surface area (Å²) in [6.45, 7) is 1.68. The molecule has 0 atom stereocenters. The van der Waals surface area contributed by atoms with Crippen LogP contribution in [0.2, 0.25) is 0 Å². The SMILES string of the molecule is O=C(CCCl)Nc1ccc(C(=O)N2CCCC2)cc1. The summed E-state index contributed by atoms with van der Waals surface area (Å²) in [7, 11) is 0. The van der Waals surface area contributed by atoms with E-state index >= 15 is 0 Å². The van der Waals surface area contributed by atoms with Crippen molar-refractivity contribution < 1.29 is 9.59 Å². The maximum atomic E-state index is 12.1. The molecule has 102 valence electrons. The number of likely N-dealkylation sites (tertiary alicyclic amines) is 1. The molecule has 0 bridgehead atoms. The Morgan fingerprint density at radius 3 is 2.37 bits per heavy atom. The highest BCUT2D eigenvalue weighted by molar-refractivity contribution is 6.19. The molecule has 2 rings (SSSR count). The molecular formula is C14H17ClN2O2. The van der Waals surface area contributed by atoms with Crippen LogP contribution in [0.25, 0.3) is 0 Å². The van der Waals surface area contributed by atoms with Gasteiger partial charge in [-0.2, -0.15) is 0 Å². The van der Waals surface area contributed by atoms with Gasteiger partial charge in [0.2, 0.25) is 5.91 Å². The second kappa shape index (κ2) is 6.57. The van der Waals surface area contributed by atoms with Gasteiger partial charge in [0.25, 0.3) is 5.91 Å². The lowest BCUT2D eigenvalue weighted by molar-refractivity contribution is -0.115. The fraction of sp³-hybridized carbons (Fsp3) is 0.429. The van der Waals surface area contributed by atoms with Crippen LogP contribution in [-0.4, -0.2) is 35.7 Å². The minimum atomic E-state index is -0.117. The molecule has 1 heterocycles. The molecule has 19 heavy (non-hydrogen) atoms. The third kappa shape index (κ3) is 3.70. The molecule has 1 N–H and O–H groups in total. The van der Waals surface area contributed by atoms with Gasteiger partial charge in [0.1, 0.15) is 0 Å². The Balaban J connectivity index is 1.97. The van der Waals surface area contributed by atoms with Crippen molar-refractivity contribution in [2.75, 3.05) is 24.3 Å². The standard InChI is InChI=1S/C14H17ClN2O2/c15-8-7-13(18)16-12-5-3-11(4-6-12)14(19)17-9-1-2-10-17/h3-6H,1-2,7-10H2,(H,16,18). The number of alkyl halides is 1. The summed E-state index contributed by atoms with van der Waals surface area (Å²) in [5.74, 6) is 0.252. The summed E-state index contributed by atoms with van der Waals surface area (Å²) in [5, 5.41) is 2.73. The molecule has 2 amide bonds. The predicted molar refractivity (Wildman–Crippen MR) is 75.5 cm³/mol. The highest BCUT2D eigenvalue weighted by atomic mass is 35.5. The predicted octanol–water partition coefficient (Wildman–Crippen LogP) is 2.49. The third-order valence-corrected chi connectivity index (χ3v) is 3.32. The fourth-order valence-electron chi connectivity index (χ4n) is 2.11. The van der Waals surface area contributed by atoms with Crippen LogP contribution in [-0.2, 0) is 4.79 Å². The van der Waals surface area contributed by atoms with Crippen molar-refractivity contribution in [3.05, 3.63) is 29.8 Å². The number of halogens is 1. The quantitative estimate of drug-likeness (QED) is 0.862. The van der Waals surface area contributed by atoms with Gasteiger partial charge in [0.15, 0.2) is 0 Å². The van der Waals surface area contributed by atoms with E-state index in [1.807, 2.05) is 4.90 Å². The van der Waals surface area contributed by atoms with Crippen LogP contribution >= 0.6 is 11.6 Å². The number of anilines is 1. The van der Waals surface area contributed by atoms with Crippen molar-refractivity contribution in [1.82, 2.24) is 4.90 Å². The molecule has 1 fully saturated rings. The van der Waals surface area contributed by atoms with E-state index < -0.39 is 0 Å². The van der Waals surface area contributed by atoms with E-state index in [4.69, 9.17) is 11.6 Å². The number of hydrogen-bond donors (Lipinski definition) is 1. The number of amides is 2. The molecule has 1 aromatic rings. The van der Waals surface area contributed by atoms with Crippen LogP contribution in [0.4, 0.5) is 5.69 Å². The maximum absolute atomic E-state index is 12.1. The number of hydrogen-bond acceptors (Lipinski definition) is 2. The van der Waals surface area contributed by atoms with Crippen molar-refractivity contribution in [2.24, 2.45) is 0 Å². The zero-order chi connectivity index (χ0) is 13.7. The molecule has 0 spiro atoms. The smallest absolute Gasteiger partial charge is 0.253 e. The lowest BCUT2D eigenvalue weighted by Gasteiger charge is -2.15. The normalized spacial score (nSPS) is 14.5. The van der Waals surface area contributed by atoms with E-state index in [-0.39, 0.29) is 18.2 Å². The van der Waals surface area contributed by atoms with Gasteiger partial charge in [-0.25, -0.2) is 0 Å². The van der Waals surface area contributed by atoms with Crippen molar-refractivity contribution in [3.8, 4) is 0 Å². The first-order valence-electron chi connectivity index (χ1n) is 6.46. The lowest BCUT2D eigenvalue weighted by atomic mass is 10.2. The second-order valence-corrected chi connectivity index (χ2v) is 4.94. The first-order valence-corrected chi connectivity index (χ1v) is 6.99. The van der Waals surface area contributed by atoms with Crippen molar-refractivity contribution >= 4 is 29.1 Å². The summed E-state index contributed by atoms with van der Waals surface area (Å²) in [6.07, 6.45) is 2.45. The van der Waals surface area contributed by atoms with E-state index in [9.17, 15) is 9.59 Å². The van der Waals surface area contributed by atoms with Gasteiger partial charge in [0.05, 0.1) is 0 Å². The van der Waals surface area contributed by atoms with Gasteiger partial charge in [0, 0.05) is 36.6 Å². The summed E-state index contributed by atoms with van der Waals surface area (Å²) in [6, 6.07) is 6.98. The van der Waals surface area contributed by atoms with E-state index in [1.54, 1.807) is 24.3 Å². The zero-order valence-electron chi connectivity index (χ0n) is 10.7. The summed E-state index contributed by atoms with van der Waals surface area (Å²) in [5.41, 5.74) is 1.35. The van der Waals surface area contributed by atoms with Crippen LogP contribution in [0, 0.1) is 0 Å². The molecular weight excluding hydrogens is 264 g/mol. The molecule has 0 radical (unpaired) electrons. The molecule has 4 nitrogen and oxygen atoms in total. The number of nitrogens with one attached hydrogen (secondary N) is 1. The van der Waals surface area contributed by atoms with Gasteiger partial charge < -0.3 is 10.2 Å². The molecule has 1 aromatic carbocycles. The van der Waals surface area contributed by atoms with E-state index in [0.717, 1.165) is 25.9 Å². The van der Waals surface area contributed by atoms with Crippen LogP contribution in [0.15, 0.2) is 24.3 Å². The molecule has 0 aliphatic carbocycles. The van der Waals surface area contributed by atoms with Gasteiger partial charge in [-0.15, -0.1) is 11.6 Å². The Morgan fingerprint density at radius 1 is 1.16 bits per heavy atom. The Hall–Kier alpha value is -1.55. The minimum absolute atomic E-state index is 0.0659. The molecule has 0 unspecified atom stereocenters. The second-order valence-electron chi connectivity index (χ2n) is 4.56. The Kier molecular flexibility index (Phi) is 4.80. The minimum Gasteiger partial charge on any atom is -0.339 e. The highest BCUT2D eigenvalue weighted by Gasteiger charge is 2.19. The largest absolute Gasteiger partial charge is 0.339 e. The Morgan fingerprint density at radius 2 is 1.79 bits per heavy atom. The summed E-state index contributed by atoms with van der Waals surface area (Å²) in [4.78, 5) is 25.3. The van der Waals surface area contributed by atoms with Crippen LogP contribution in [0.3, 0.4) is 0 Å². The van der Waals surface area contributed by atoms with Gasteiger partial charge in [-0.1, -0.05) is 0 Å². The average molecular weight is 281 g/mol. The van der Waals surface area contributed by atoms with Gasteiger partial charge in [-0.3, -0.25) is 9.59 Å². The molecule has 0 aromatic heterocycles. The van der Waals surface area contributed by atoms with E-state index in [2.05, 4.69) is 5.32 Å². The highest BCUT2D eigenvalue weighted by Crippen LogP contribution is 2.15. The number of rotatable bonds is 4. The molecule has 5 heteroatoms. The number of carbonyl (C=O) groups excluding carboxylic acids is 2. The fourth-order valence-corrected chi connectivity index (χ4v) is 2.28. The monoisotopic (exact) mass is 280 g/mol. The number of nitrogens with zero attached hydrogens (tertiary/aromatic N) is 1. The Labute approximate surface area is 117 Å². The first kappa shape index (κ1) is 13.9. The molecule has 1 aliphatic rings. The molecule has 1 aliphatic heterocycles. The Bertz CT molecular complexity index is 453.